The number of likely N-dealkylation sites (N-methyl/N-ethyl adjacent to an activating group) is 1. The first kappa shape index (κ1) is 15.0. The van der Waals surface area contributed by atoms with E-state index >= 15 is 0 Å². The number of hydrogen-bond acceptors (Lipinski definition) is 4. The van der Waals surface area contributed by atoms with Crippen molar-refractivity contribution < 1.29 is 9.53 Å². The van der Waals surface area contributed by atoms with Gasteiger partial charge in [-0.2, -0.15) is 0 Å². The van der Waals surface area contributed by atoms with Crippen LogP contribution in [0.15, 0.2) is 30.3 Å². The number of hydrogen-bond donors (Lipinski definition) is 1. The third-order valence-corrected chi connectivity index (χ3v) is 4.17. The van der Waals surface area contributed by atoms with Crippen LogP contribution >= 0.6 is 0 Å². The highest BCUT2D eigenvalue weighted by atomic mass is 16.5. The van der Waals surface area contributed by atoms with Crippen LogP contribution in [0.1, 0.15) is 18.4 Å². The van der Waals surface area contributed by atoms with E-state index in [1.807, 2.05) is 30.3 Å². The molecular formula is C16H24N2O2. The van der Waals surface area contributed by atoms with E-state index in [2.05, 4.69) is 22.0 Å². The van der Waals surface area contributed by atoms with Crippen LogP contribution in [0.4, 0.5) is 0 Å². The molecule has 0 spiro atoms. The molecule has 0 aliphatic carbocycles. The smallest absolute Gasteiger partial charge is 0.293 e. The molecule has 0 radical (unpaired) electrons. The fraction of sp³-hybridized carbons (Fsp3) is 0.562. The minimum atomic E-state index is 0.365. The van der Waals surface area contributed by atoms with Crippen molar-refractivity contribution in [2.45, 2.75) is 25.5 Å². The van der Waals surface area contributed by atoms with Crippen molar-refractivity contribution in [2.24, 2.45) is 5.92 Å². The number of nitrogens with zero attached hydrogens (tertiary/aromatic N) is 1. The standard InChI is InChI=1S/C8H16N2.C8H8O2/c1-10-5-3-7-2-4-9-6-8(7)10;9-7-10-6-8-4-2-1-3-5-8/h7-9H,2-6H2,1H3;1-5,7H,6H2/t7-,8-;/m1./s1. The molecule has 2 aliphatic heterocycles. The molecule has 0 saturated carbocycles. The Kier molecular flexibility index (Phi) is 6.02. The van der Waals surface area contributed by atoms with Gasteiger partial charge < -0.3 is 15.0 Å². The highest BCUT2D eigenvalue weighted by Gasteiger charge is 2.32. The first-order valence-corrected chi connectivity index (χ1v) is 7.31. The van der Waals surface area contributed by atoms with Gasteiger partial charge in [0.1, 0.15) is 6.61 Å². The predicted octanol–water partition coefficient (Wildman–Crippen LogP) is 1.66. The first-order chi connectivity index (χ1) is 9.81. The summed E-state index contributed by atoms with van der Waals surface area (Å²) in [6.45, 7) is 4.60. The van der Waals surface area contributed by atoms with Crippen LogP contribution in [0.3, 0.4) is 0 Å². The second-order valence-corrected chi connectivity index (χ2v) is 5.48. The lowest BCUT2D eigenvalue weighted by Gasteiger charge is -2.29. The Morgan fingerprint density at radius 3 is 2.85 bits per heavy atom. The van der Waals surface area contributed by atoms with Gasteiger partial charge in [-0.05, 0) is 44.5 Å². The largest absolute Gasteiger partial charge is 0.463 e. The molecule has 2 saturated heterocycles. The van der Waals surface area contributed by atoms with Crippen molar-refractivity contribution in [1.29, 1.82) is 0 Å². The molecule has 4 nitrogen and oxygen atoms in total. The van der Waals surface area contributed by atoms with E-state index in [9.17, 15) is 4.79 Å². The van der Waals surface area contributed by atoms with Gasteiger partial charge in [-0.3, -0.25) is 4.79 Å². The molecule has 2 aliphatic rings. The zero-order valence-electron chi connectivity index (χ0n) is 12.1. The Labute approximate surface area is 121 Å². The van der Waals surface area contributed by atoms with E-state index in [0.717, 1.165) is 17.5 Å². The maximum atomic E-state index is 9.76. The molecule has 1 aromatic rings. The summed E-state index contributed by atoms with van der Waals surface area (Å²) in [4.78, 5) is 12.3. The fourth-order valence-corrected chi connectivity index (χ4v) is 2.99. The van der Waals surface area contributed by atoms with E-state index in [1.54, 1.807) is 0 Å². The number of piperidine rings is 1. The van der Waals surface area contributed by atoms with Gasteiger partial charge >= 0.3 is 0 Å². The Morgan fingerprint density at radius 2 is 2.15 bits per heavy atom. The summed E-state index contributed by atoms with van der Waals surface area (Å²) in [5.74, 6) is 1.01. The third kappa shape index (κ3) is 4.32. The summed E-state index contributed by atoms with van der Waals surface area (Å²) in [5.41, 5.74) is 1.01. The van der Waals surface area contributed by atoms with Gasteiger partial charge in [-0.1, -0.05) is 30.3 Å². The number of carbonyl (C=O) groups excluding carboxylic acids is 1. The van der Waals surface area contributed by atoms with Gasteiger partial charge in [-0.25, -0.2) is 0 Å². The quantitative estimate of drug-likeness (QED) is 0.853. The van der Waals surface area contributed by atoms with Gasteiger partial charge in [0.2, 0.25) is 0 Å². The van der Waals surface area contributed by atoms with Crippen LogP contribution in [0, 0.1) is 5.92 Å². The molecular weight excluding hydrogens is 252 g/mol. The molecule has 2 fully saturated rings. The number of nitrogens with one attached hydrogen (secondary N) is 1. The minimum Gasteiger partial charge on any atom is -0.463 e. The van der Waals surface area contributed by atoms with Crippen LogP contribution in [0.2, 0.25) is 0 Å². The van der Waals surface area contributed by atoms with E-state index in [4.69, 9.17) is 0 Å². The number of likely N-dealkylation sites (tertiary alicyclic amines) is 1. The number of rotatable bonds is 3. The molecule has 20 heavy (non-hydrogen) atoms. The Hall–Kier alpha value is -1.39. The topological polar surface area (TPSA) is 41.6 Å². The van der Waals surface area contributed by atoms with E-state index in [-0.39, 0.29) is 0 Å². The lowest BCUT2D eigenvalue weighted by atomic mass is 9.94. The second kappa shape index (κ2) is 8.02. The lowest BCUT2D eigenvalue weighted by Crippen LogP contribution is -2.44. The van der Waals surface area contributed by atoms with Crippen molar-refractivity contribution >= 4 is 6.47 Å². The van der Waals surface area contributed by atoms with Crippen LogP contribution in [-0.4, -0.2) is 44.1 Å². The maximum Gasteiger partial charge on any atom is 0.293 e. The van der Waals surface area contributed by atoms with Crippen LogP contribution in [0.5, 0.6) is 0 Å². The number of benzene rings is 1. The van der Waals surface area contributed by atoms with E-state index in [1.165, 1.54) is 32.5 Å². The minimum absolute atomic E-state index is 0.365. The molecule has 1 aromatic carbocycles. The molecule has 2 atom stereocenters. The van der Waals surface area contributed by atoms with Gasteiger partial charge in [0.05, 0.1) is 0 Å². The summed E-state index contributed by atoms with van der Waals surface area (Å²) in [5, 5.41) is 3.44. The van der Waals surface area contributed by atoms with Gasteiger partial charge in [0.25, 0.3) is 6.47 Å². The molecule has 2 heterocycles. The Bertz CT molecular complexity index is 395. The molecule has 0 bridgehead atoms. The van der Waals surface area contributed by atoms with E-state index in [0.29, 0.717) is 13.1 Å². The molecule has 110 valence electrons. The van der Waals surface area contributed by atoms with Gasteiger partial charge in [0, 0.05) is 12.6 Å². The summed E-state index contributed by atoms with van der Waals surface area (Å²) in [6, 6.07) is 10.4. The number of fused-ring (bicyclic) bond motifs is 1. The van der Waals surface area contributed by atoms with Crippen molar-refractivity contribution in [1.82, 2.24) is 10.2 Å². The molecule has 0 unspecified atom stereocenters. The number of carbonyl (C=O) groups is 1. The van der Waals surface area contributed by atoms with Crippen LogP contribution in [-0.2, 0) is 16.1 Å². The summed E-state index contributed by atoms with van der Waals surface area (Å²) < 4.78 is 4.54. The zero-order chi connectivity index (χ0) is 14.2. The average Bonchev–Trinajstić information content (AvgIpc) is 2.89. The zero-order valence-corrected chi connectivity index (χ0v) is 12.1. The highest BCUT2D eigenvalue weighted by molar-refractivity contribution is 5.37. The molecule has 1 N–H and O–H groups in total. The molecule has 3 rings (SSSR count). The SMILES string of the molecule is CN1CC[C@H]2CCNC[C@H]21.O=COCc1ccccc1. The Morgan fingerprint density at radius 1 is 1.35 bits per heavy atom. The monoisotopic (exact) mass is 276 g/mol. The maximum absolute atomic E-state index is 9.76. The molecule has 0 amide bonds. The lowest BCUT2D eigenvalue weighted by molar-refractivity contribution is -0.129. The normalized spacial score (nSPS) is 25.2. The van der Waals surface area contributed by atoms with E-state index < -0.39 is 0 Å². The fourth-order valence-electron chi connectivity index (χ4n) is 2.99. The average molecular weight is 276 g/mol. The summed E-state index contributed by atoms with van der Waals surface area (Å²) >= 11 is 0. The van der Waals surface area contributed by atoms with Crippen LogP contribution in [0.25, 0.3) is 0 Å². The summed E-state index contributed by atoms with van der Waals surface area (Å²) in [7, 11) is 2.25. The van der Waals surface area contributed by atoms with Crippen molar-refractivity contribution in [2.75, 3.05) is 26.7 Å². The molecule has 0 aromatic heterocycles. The molecule has 4 heteroatoms. The van der Waals surface area contributed by atoms with Crippen molar-refractivity contribution in [3.05, 3.63) is 35.9 Å². The third-order valence-electron chi connectivity index (χ3n) is 4.17. The highest BCUT2D eigenvalue weighted by Crippen LogP contribution is 2.26. The van der Waals surface area contributed by atoms with Gasteiger partial charge in [-0.15, -0.1) is 0 Å². The second-order valence-electron chi connectivity index (χ2n) is 5.48. The van der Waals surface area contributed by atoms with Crippen LogP contribution < -0.4 is 5.32 Å². The Balaban J connectivity index is 0.000000147. The number of ether oxygens (including phenoxy) is 1. The van der Waals surface area contributed by atoms with Crippen molar-refractivity contribution in [3.63, 3.8) is 0 Å². The van der Waals surface area contributed by atoms with Crippen molar-refractivity contribution in [3.8, 4) is 0 Å². The summed E-state index contributed by atoms with van der Waals surface area (Å²) in [6.07, 6.45) is 2.83. The predicted molar refractivity (Wildman–Crippen MR) is 79.3 cm³/mol. The van der Waals surface area contributed by atoms with Gasteiger partial charge in [0.15, 0.2) is 0 Å². The first-order valence-electron chi connectivity index (χ1n) is 7.31.